The Balaban J connectivity index is 1.49. The molecule has 0 bridgehead atoms. The first-order valence-electron chi connectivity index (χ1n) is 11.9. The summed E-state index contributed by atoms with van der Waals surface area (Å²) in [4.78, 5) is 37.7. The maximum atomic E-state index is 13.2. The number of rotatable bonds is 1. The monoisotopic (exact) mass is 428 g/mol. The minimum absolute atomic E-state index is 0.0536. The lowest BCUT2D eigenvalue weighted by Crippen LogP contribution is -2.62. The first-order chi connectivity index (χ1) is 14.7. The van der Waals surface area contributed by atoms with E-state index in [4.69, 9.17) is 14.2 Å². The molecule has 8 unspecified atom stereocenters. The Morgan fingerprint density at radius 1 is 1.16 bits per heavy atom. The van der Waals surface area contributed by atoms with E-state index in [0.29, 0.717) is 19.3 Å². The van der Waals surface area contributed by atoms with Crippen LogP contribution in [0.4, 0.5) is 0 Å². The predicted octanol–water partition coefficient (Wildman–Crippen LogP) is 3.51. The first kappa shape index (κ1) is 20.0. The number of epoxide rings is 1. The van der Waals surface area contributed by atoms with Gasteiger partial charge < -0.3 is 14.2 Å². The van der Waals surface area contributed by atoms with Crippen molar-refractivity contribution in [2.75, 3.05) is 7.11 Å². The number of hydrogen-bond donors (Lipinski definition) is 0. The molecule has 0 aromatic rings. The molecule has 2 aliphatic heterocycles. The van der Waals surface area contributed by atoms with Crippen LogP contribution >= 0.6 is 0 Å². The number of fused-ring (bicyclic) bond motifs is 6. The molecule has 2 spiro atoms. The minimum Gasteiger partial charge on any atom is -0.469 e. The van der Waals surface area contributed by atoms with Crippen molar-refractivity contribution in [3.63, 3.8) is 0 Å². The largest absolute Gasteiger partial charge is 0.469 e. The standard InChI is InChI=1S/C25H32O6/c1-22-7-4-15(26)10-14(22)11-16(21(28)29-3)25(13-22)18-5-8-24(9-6-19(27)31-24)23(18,2)12-17-20(25)30-17/h10,16-18,20H,4-9,11-13H2,1-3H3. The number of ether oxygens (including phenoxy) is 3. The molecule has 3 saturated carbocycles. The highest BCUT2D eigenvalue weighted by atomic mass is 16.6. The summed E-state index contributed by atoms with van der Waals surface area (Å²) in [6.07, 6.45) is 8.72. The zero-order valence-corrected chi connectivity index (χ0v) is 18.7. The van der Waals surface area contributed by atoms with Crippen LogP contribution in [0.1, 0.15) is 71.6 Å². The summed E-state index contributed by atoms with van der Waals surface area (Å²) in [6.45, 7) is 4.56. The second kappa shape index (κ2) is 6.00. The molecule has 31 heavy (non-hydrogen) atoms. The van der Waals surface area contributed by atoms with Crippen LogP contribution in [0.2, 0.25) is 0 Å². The Morgan fingerprint density at radius 3 is 2.68 bits per heavy atom. The summed E-state index contributed by atoms with van der Waals surface area (Å²) in [5.74, 6) is -0.210. The highest BCUT2D eigenvalue weighted by molar-refractivity contribution is 5.92. The highest BCUT2D eigenvalue weighted by Gasteiger charge is 2.78. The van der Waals surface area contributed by atoms with Crippen molar-refractivity contribution in [1.29, 1.82) is 0 Å². The Kier molecular flexibility index (Phi) is 3.86. The van der Waals surface area contributed by atoms with Gasteiger partial charge in [0.15, 0.2) is 5.78 Å². The minimum atomic E-state index is -0.432. The maximum absolute atomic E-state index is 13.2. The lowest BCUT2D eigenvalue weighted by atomic mass is 9.42. The quantitative estimate of drug-likeness (QED) is 0.470. The van der Waals surface area contributed by atoms with Crippen molar-refractivity contribution >= 4 is 17.7 Å². The average molecular weight is 429 g/mol. The van der Waals surface area contributed by atoms with Gasteiger partial charge in [-0.3, -0.25) is 14.4 Å². The van der Waals surface area contributed by atoms with Crippen LogP contribution < -0.4 is 0 Å². The molecule has 5 fully saturated rings. The van der Waals surface area contributed by atoms with E-state index in [1.807, 2.05) is 0 Å². The van der Waals surface area contributed by atoms with E-state index < -0.39 is 5.60 Å². The van der Waals surface area contributed by atoms with Crippen LogP contribution in [-0.2, 0) is 28.6 Å². The van der Waals surface area contributed by atoms with Gasteiger partial charge in [-0.05, 0) is 62.4 Å². The Morgan fingerprint density at radius 2 is 1.97 bits per heavy atom. The van der Waals surface area contributed by atoms with Crippen LogP contribution in [0, 0.1) is 28.1 Å². The van der Waals surface area contributed by atoms with Crippen molar-refractivity contribution in [2.24, 2.45) is 28.1 Å². The predicted molar refractivity (Wildman–Crippen MR) is 110 cm³/mol. The zero-order chi connectivity index (χ0) is 21.8. The van der Waals surface area contributed by atoms with E-state index in [2.05, 4.69) is 13.8 Å². The van der Waals surface area contributed by atoms with Crippen LogP contribution in [-0.4, -0.2) is 42.6 Å². The van der Waals surface area contributed by atoms with Gasteiger partial charge in [-0.25, -0.2) is 0 Å². The van der Waals surface area contributed by atoms with Crippen molar-refractivity contribution in [3.05, 3.63) is 11.6 Å². The Labute approximate surface area is 183 Å². The van der Waals surface area contributed by atoms with Crippen LogP contribution in [0.3, 0.4) is 0 Å². The summed E-state index contributed by atoms with van der Waals surface area (Å²) in [7, 11) is 1.46. The molecule has 6 rings (SSSR count). The average Bonchev–Trinajstić information content (AvgIpc) is 3.31. The second-order valence-corrected chi connectivity index (χ2v) is 11.5. The molecule has 2 heterocycles. The van der Waals surface area contributed by atoms with Gasteiger partial charge >= 0.3 is 11.9 Å². The molecule has 0 N–H and O–H groups in total. The zero-order valence-electron chi connectivity index (χ0n) is 18.7. The van der Waals surface area contributed by atoms with Gasteiger partial charge in [-0.1, -0.05) is 19.4 Å². The fourth-order valence-corrected chi connectivity index (χ4v) is 8.90. The Hall–Kier alpha value is -1.69. The second-order valence-electron chi connectivity index (χ2n) is 11.5. The summed E-state index contributed by atoms with van der Waals surface area (Å²) in [5.41, 5.74) is 0.0315. The normalized spacial score (nSPS) is 52.3. The highest BCUT2D eigenvalue weighted by Crippen LogP contribution is 2.76. The molecule has 0 amide bonds. The van der Waals surface area contributed by atoms with Crippen LogP contribution in [0.5, 0.6) is 0 Å². The van der Waals surface area contributed by atoms with E-state index in [9.17, 15) is 14.4 Å². The molecule has 6 nitrogen and oxygen atoms in total. The maximum Gasteiger partial charge on any atom is 0.309 e. The van der Waals surface area contributed by atoms with Gasteiger partial charge in [0.25, 0.3) is 0 Å². The molecule has 6 heteroatoms. The molecule has 2 saturated heterocycles. The molecule has 168 valence electrons. The van der Waals surface area contributed by atoms with E-state index >= 15 is 0 Å². The lowest BCUT2D eigenvalue weighted by Gasteiger charge is -2.60. The third kappa shape index (κ3) is 2.35. The SMILES string of the molecule is COC(=O)C1CC2=CC(=O)CCC2(C)CC12C1OC1CC1(C)C2CCC12CCC(=O)O2. The molecular weight excluding hydrogens is 396 g/mol. The number of carbonyl (C=O) groups excluding carboxylic acids is 3. The van der Waals surface area contributed by atoms with E-state index in [-0.39, 0.29) is 58.0 Å². The summed E-state index contributed by atoms with van der Waals surface area (Å²) < 4.78 is 17.8. The fourth-order valence-electron chi connectivity index (χ4n) is 8.90. The molecule has 0 aromatic heterocycles. The molecule has 0 radical (unpaired) electrons. The van der Waals surface area contributed by atoms with Gasteiger partial charge in [0, 0.05) is 23.7 Å². The molecule has 0 aromatic carbocycles. The number of methoxy groups -OCH3 is 1. The van der Waals surface area contributed by atoms with Gasteiger partial charge in [0.2, 0.25) is 0 Å². The van der Waals surface area contributed by atoms with Crippen LogP contribution in [0.15, 0.2) is 11.6 Å². The van der Waals surface area contributed by atoms with E-state index in [1.165, 1.54) is 7.11 Å². The topological polar surface area (TPSA) is 82.2 Å². The van der Waals surface area contributed by atoms with Gasteiger partial charge in [0.1, 0.15) is 5.60 Å². The molecular formula is C25H32O6. The smallest absolute Gasteiger partial charge is 0.309 e. The number of carbonyl (C=O) groups is 3. The Bertz CT molecular complexity index is 923. The molecule has 4 aliphatic carbocycles. The van der Waals surface area contributed by atoms with Crippen LogP contribution in [0.25, 0.3) is 0 Å². The number of esters is 2. The first-order valence-corrected chi connectivity index (χ1v) is 11.9. The van der Waals surface area contributed by atoms with Crippen molar-refractivity contribution in [3.8, 4) is 0 Å². The van der Waals surface area contributed by atoms with Gasteiger partial charge in [-0.2, -0.15) is 0 Å². The third-order valence-corrected chi connectivity index (χ3v) is 10.4. The molecule has 8 atom stereocenters. The summed E-state index contributed by atoms with van der Waals surface area (Å²) in [5, 5.41) is 0. The summed E-state index contributed by atoms with van der Waals surface area (Å²) >= 11 is 0. The number of hydrogen-bond acceptors (Lipinski definition) is 6. The van der Waals surface area contributed by atoms with Crippen molar-refractivity contribution < 1.29 is 28.6 Å². The van der Waals surface area contributed by atoms with Gasteiger partial charge in [0.05, 0.1) is 25.2 Å². The number of ketones is 1. The fraction of sp³-hybridized carbons (Fsp3) is 0.800. The lowest BCUT2D eigenvalue weighted by molar-refractivity contribution is -0.180. The molecule has 6 aliphatic rings. The van der Waals surface area contributed by atoms with Crippen molar-refractivity contribution in [1.82, 2.24) is 0 Å². The van der Waals surface area contributed by atoms with E-state index in [1.54, 1.807) is 6.08 Å². The van der Waals surface area contributed by atoms with Gasteiger partial charge in [-0.15, -0.1) is 0 Å². The van der Waals surface area contributed by atoms with Crippen molar-refractivity contribution in [2.45, 2.75) is 89.4 Å². The third-order valence-electron chi connectivity index (χ3n) is 10.4. The summed E-state index contributed by atoms with van der Waals surface area (Å²) in [6, 6.07) is 0. The van der Waals surface area contributed by atoms with E-state index in [0.717, 1.165) is 44.1 Å². The number of allylic oxidation sites excluding steroid dienone is 2.